The van der Waals surface area contributed by atoms with E-state index in [1.165, 1.54) is 190 Å². The average molecular weight is 1710 g/mol. The summed E-state index contributed by atoms with van der Waals surface area (Å²) in [7, 11) is 0. The standard InChI is InChI=1S/C29H48N2O2.2C27H45NO2.C26H43NO3/c1-19(18-30-12-14-31(15-13-30)21(3)32)26-8-9-27-24-7-6-22-17-29(5,33)20(2)16-25(22)23(24)10-11-28(26,27)4;1-18(16-28-13-14-30-17-19(28)2)24-7-8-25-23-6-5-20-15-26(3,29)11-9-21(20)22(23)10-12-27(24,25)4;1-18(16-28-13-14-30-19(2)17-28)24-7-8-25-23-6-5-20-15-26(3,29)11-9-21(20)22(23)10-12-27(24,25)4;1-17-16-30-13-12-27(17)15-24(28)23-7-6-22-21-5-4-18-14-25(2,29)10-8-19(18)20(21)9-11-26(22,23)3/h20,22-27,33H,1,6-18H2,2-5H3;2*19-25,29H,1,5-17H2,2-4H3;17-23,29H,4-16H2,1-3H3/t20-,22+,23+,24-,25+,26-,27+,28-,29+;19-,20+,21-,22+,23+,24+,25-,26+,27+;19-,20-,21+,22-,23-,24-,25+,26-,27-;17-,18-,19+,20-,21-,22+,23-,25-,26+/m1011/s1. The van der Waals surface area contributed by atoms with E-state index < -0.39 is 22.4 Å². The fraction of sp³-hybridized carbons (Fsp3) is 0.927. The molecule has 4 aliphatic heterocycles. The normalized spacial score (nSPS) is 50.7. The second kappa shape index (κ2) is 36.7. The number of nitrogens with zero attached hydrogens (tertiary/aromatic N) is 5. The summed E-state index contributed by atoms with van der Waals surface area (Å²) in [6, 6.07) is 0.886. The highest BCUT2D eigenvalue weighted by Gasteiger charge is 2.64. The summed E-state index contributed by atoms with van der Waals surface area (Å²) in [6.07, 6.45) is 45.2. The minimum Gasteiger partial charge on any atom is -0.390 e. The third-order valence-electron chi connectivity index (χ3n) is 43.2. The van der Waals surface area contributed by atoms with Crippen LogP contribution < -0.4 is 0 Å². The van der Waals surface area contributed by atoms with Crippen LogP contribution in [0.15, 0.2) is 36.5 Å². The maximum absolute atomic E-state index is 13.5. The topological polar surface area (TPSA) is 159 Å². The van der Waals surface area contributed by atoms with Gasteiger partial charge in [0.05, 0.1) is 68.1 Å². The van der Waals surface area contributed by atoms with Gasteiger partial charge in [-0.25, -0.2) is 0 Å². The van der Waals surface area contributed by atoms with Crippen LogP contribution >= 0.6 is 0 Å². The second-order valence-electron chi connectivity index (χ2n) is 50.3. The molecule has 20 aliphatic rings. The number of piperazine rings is 1. The van der Waals surface area contributed by atoms with Gasteiger partial charge >= 0.3 is 0 Å². The van der Waals surface area contributed by atoms with Gasteiger partial charge in [-0.15, -0.1) is 0 Å². The molecule has 36 atom stereocenters. The number of carbonyl (C=O) groups is 2. The molecular formula is C109H181N5O9. The molecule has 0 aromatic rings. The van der Waals surface area contributed by atoms with Crippen molar-refractivity contribution in [3.8, 4) is 0 Å². The molecule has 0 aromatic carbocycles. The van der Waals surface area contributed by atoms with E-state index in [9.17, 15) is 30.0 Å². The molecule has 20 rings (SSSR count). The number of hydrogen-bond donors (Lipinski definition) is 4. The molecule has 0 radical (unpaired) electrons. The molecule has 4 saturated heterocycles. The molecule has 16 saturated carbocycles. The highest BCUT2D eigenvalue weighted by Crippen LogP contribution is 2.71. The largest absolute Gasteiger partial charge is 0.390 e. The molecular weight excluding hydrogens is 1520 g/mol. The van der Waals surface area contributed by atoms with E-state index >= 15 is 0 Å². The smallest absolute Gasteiger partial charge is 0.219 e. The summed E-state index contributed by atoms with van der Waals surface area (Å²) < 4.78 is 17.0. The number of Topliss-reactive ketones (excluding diaryl/α,β-unsaturated/α-hetero) is 1. The molecule has 20 fully saturated rings. The number of hydrogen-bond acceptors (Lipinski definition) is 13. The van der Waals surface area contributed by atoms with Crippen molar-refractivity contribution < 1.29 is 44.2 Å². The lowest BCUT2D eigenvalue weighted by Crippen LogP contribution is -2.53. The molecule has 0 spiro atoms. The van der Waals surface area contributed by atoms with E-state index in [0.717, 1.165) is 275 Å². The Morgan fingerprint density at radius 3 is 1.11 bits per heavy atom. The average Bonchev–Trinajstić information content (AvgIpc) is 1.66. The fourth-order valence-corrected chi connectivity index (χ4v) is 36.8. The maximum atomic E-state index is 13.5. The molecule has 123 heavy (non-hydrogen) atoms. The SMILES string of the molecule is C=C(CN1CCN(C(C)=O)CC1)[C@H]1CC[C@H]2[C@@H]3CC[C@H]4C[C@](C)(O)[C@H](C)C[C@@H]4[C@H]3CC[C@]12C.C=C(CN1CCOC[C@@H]1C)[C@H]1CC[C@H]2[C@@H]3CC[C@@H]4C[C@](C)(O)CC[C@@H]4[C@H]3CC[C@]12C.C=C(CN1CCO[C@H](C)C1)[C@H]1CC[C@H]2[C@@H]3CC[C@@H]4C[C@](C)(O)CC[C@@H]4[C@H]3CC[C@]12C.C[C@@H]1COCCN1CC(=O)[C@H]1CC[C@H]2[C@@H]3CC[C@@H]4C[C@](C)(O)CC[C@@H]4[C@H]3CC[C@]12C. The van der Waals surface area contributed by atoms with Gasteiger partial charge in [0.2, 0.25) is 5.91 Å². The number of aliphatic hydroxyl groups is 4. The number of carbonyl (C=O) groups excluding carboxylic acids is 2. The molecule has 14 nitrogen and oxygen atoms in total. The Morgan fingerprint density at radius 2 is 0.715 bits per heavy atom. The fourth-order valence-electron chi connectivity index (χ4n) is 36.8. The van der Waals surface area contributed by atoms with Crippen molar-refractivity contribution in [3.63, 3.8) is 0 Å². The predicted octanol–water partition coefficient (Wildman–Crippen LogP) is 19.8. The van der Waals surface area contributed by atoms with Gasteiger partial charge in [-0.2, -0.15) is 0 Å². The zero-order valence-electron chi connectivity index (χ0n) is 80.6. The van der Waals surface area contributed by atoms with Crippen molar-refractivity contribution in [2.45, 2.75) is 355 Å². The first-order valence-electron chi connectivity index (χ1n) is 52.8. The molecule has 14 heteroatoms. The summed E-state index contributed by atoms with van der Waals surface area (Å²) in [4.78, 5) is 37.2. The Morgan fingerprint density at radius 1 is 0.358 bits per heavy atom. The highest BCUT2D eigenvalue weighted by molar-refractivity contribution is 5.84. The monoisotopic (exact) mass is 1700 g/mol. The first kappa shape index (κ1) is 92.8. The summed E-state index contributed by atoms with van der Waals surface area (Å²) in [5.74, 6) is 20.7. The molecule has 0 bridgehead atoms. The third kappa shape index (κ3) is 18.5. The van der Waals surface area contributed by atoms with Gasteiger partial charge < -0.3 is 39.5 Å². The van der Waals surface area contributed by atoms with Crippen molar-refractivity contribution in [1.29, 1.82) is 0 Å². The first-order valence-corrected chi connectivity index (χ1v) is 52.8. The summed E-state index contributed by atoms with van der Waals surface area (Å²) in [5.41, 5.74) is 4.40. The number of fused-ring (bicyclic) bond motifs is 20. The second-order valence-corrected chi connectivity index (χ2v) is 50.3. The Kier molecular flexibility index (Phi) is 27.7. The van der Waals surface area contributed by atoms with E-state index in [4.69, 9.17) is 14.2 Å². The van der Waals surface area contributed by atoms with Crippen LogP contribution in [0, 0.1) is 170 Å². The molecule has 696 valence electrons. The quantitative estimate of drug-likeness (QED) is 0.137. The minimum absolute atomic E-state index is 0.210. The van der Waals surface area contributed by atoms with Crippen molar-refractivity contribution in [3.05, 3.63) is 36.5 Å². The number of ether oxygens (including phenoxy) is 3. The Bertz CT molecular complexity index is 3570. The highest BCUT2D eigenvalue weighted by atomic mass is 16.5. The zero-order valence-corrected chi connectivity index (χ0v) is 80.6. The number of morpholine rings is 3. The van der Waals surface area contributed by atoms with Crippen LogP contribution in [0.3, 0.4) is 0 Å². The third-order valence-corrected chi connectivity index (χ3v) is 43.2. The van der Waals surface area contributed by atoms with Gasteiger partial charge in [0.25, 0.3) is 0 Å². The lowest BCUT2D eigenvalue weighted by Gasteiger charge is -2.58. The molecule has 0 aromatic heterocycles. The molecule has 0 unspecified atom stereocenters. The van der Waals surface area contributed by atoms with Crippen LogP contribution in [0.4, 0.5) is 0 Å². The van der Waals surface area contributed by atoms with E-state index in [1.54, 1.807) is 6.92 Å². The van der Waals surface area contributed by atoms with Crippen LogP contribution in [0.1, 0.15) is 315 Å². The van der Waals surface area contributed by atoms with E-state index in [1.807, 2.05) is 4.90 Å². The zero-order chi connectivity index (χ0) is 86.8. The van der Waals surface area contributed by atoms with Gasteiger partial charge in [-0.1, -0.05) is 71.1 Å². The first-order chi connectivity index (χ1) is 58.4. The van der Waals surface area contributed by atoms with Gasteiger partial charge in [0, 0.05) is 96.9 Å². The minimum atomic E-state index is -0.455. The van der Waals surface area contributed by atoms with Crippen molar-refractivity contribution in [2.75, 3.05) is 112 Å². The molecule has 1 amide bonds. The Hall–Kier alpha value is -2.08. The Balaban J connectivity index is 0.000000116. The van der Waals surface area contributed by atoms with E-state index in [0.29, 0.717) is 70.4 Å². The van der Waals surface area contributed by atoms with Crippen molar-refractivity contribution >= 4 is 11.7 Å². The van der Waals surface area contributed by atoms with Crippen molar-refractivity contribution in [1.82, 2.24) is 24.5 Å². The van der Waals surface area contributed by atoms with Gasteiger partial charge in [-0.05, 0) is 437 Å². The van der Waals surface area contributed by atoms with E-state index in [-0.39, 0.29) is 17.2 Å². The lowest BCUT2D eigenvalue weighted by molar-refractivity contribution is -0.135. The van der Waals surface area contributed by atoms with Gasteiger partial charge in [0.15, 0.2) is 0 Å². The summed E-state index contributed by atoms with van der Waals surface area (Å²) >= 11 is 0. The molecule has 4 heterocycles. The molecule has 4 N–H and O–H groups in total. The van der Waals surface area contributed by atoms with Crippen LogP contribution in [0.2, 0.25) is 0 Å². The Labute approximate surface area is 749 Å². The predicted molar refractivity (Wildman–Crippen MR) is 496 cm³/mol. The van der Waals surface area contributed by atoms with Gasteiger partial charge in [0.1, 0.15) is 5.78 Å². The summed E-state index contributed by atoms with van der Waals surface area (Å²) in [6.45, 7) is 59.1. The summed E-state index contributed by atoms with van der Waals surface area (Å²) in [5, 5.41) is 42.8. The molecule has 16 aliphatic carbocycles. The van der Waals surface area contributed by atoms with Gasteiger partial charge in [-0.3, -0.25) is 29.2 Å². The number of rotatable bonds is 12. The van der Waals surface area contributed by atoms with Crippen LogP contribution in [-0.2, 0) is 23.8 Å². The lowest BCUT2D eigenvalue weighted by atomic mass is 9.48. The van der Waals surface area contributed by atoms with Crippen LogP contribution in [0.5, 0.6) is 0 Å². The van der Waals surface area contributed by atoms with Crippen LogP contribution in [0.25, 0.3) is 0 Å². The maximum Gasteiger partial charge on any atom is 0.219 e. The van der Waals surface area contributed by atoms with Crippen molar-refractivity contribution in [2.24, 2.45) is 170 Å². The van der Waals surface area contributed by atoms with E-state index in [2.05, 4.69) is 122 Å². The number of ketones is 1. The van der Waals surface area contributed by atoms with Crippen LogP contribution in [-0.4, -0.2) is 209 Å². The number of amides is 1.